The van der Waals surface area contributed by atoms with E-state index in [0.717, 1.165) is 10.5 Å². The number of hydrogen-bond donors (Lipinski definition) is 0. The second-order valence-electron chi connectivity index (χ2n) is 4.23. The van der Waals surface area contributed by atoms with Gasteiger partial charge in [0.1, 0.15) is 5.25 Å². The van der Waals surface area contributed by atoms with E-state index in [1.54, 1.807) is 6.07 Å². The quantitative estimate of drug-likeness (QED) is 0.631. The fourth-order valence-electron chi connectivity index (χ4n) is 1.96. The fraction of sp³-hybridized carbons (Fsp3) is 0.133. The molecule has 0 N–H and O–H groups in total. The van der Waals surface area contributed by atoms with E-state index in [1.807, 2.05) is 42.5 Å². The van der Waals surface area contributed by atoms with Gasteiger partial charge >= 0.3 is 0 Å². The summed E-state index contributed by atoms with van der Waals surface area (Å²) in [6.45, 7) is 0.212. The van der Waals surface area contributed by atoms with Crippen LogP contribution in [0.25, 0.3) is 0 Å². The number of carbonyl (C=O) groups excluding carboxylic acids is 1. The van der Waals surface area contributed by atoms with Gasteiger partial charge in [0, 0.05) is 4.90 Å². The molecule has 3 nitrogen and oxygen atoms in total. The van der Waals surface area contributed by atoms with Crippen LogP contribution < -0.4 is 9.47 Å². The normalized spacial score (nSPS) is 14.1. The van der Waals surface area contributed by atoms with Crippen LogP contribution >= 0.6 is 23.4 Å². The van der Waals surface area contributed by atoms with Gasteiger partial charge in [-0.3, -0.25) is 4.79 Å². The van der Waals surface area contributed by atoms with Crippen molar-refractivity contribution in [2.24, 2.45) is 0 Å². The molecule has 0 bridgehead atoms. The Bertz CT molecular complexity index is 630. The first-order valence-electron chi connectivity index (χ1n) is 6.04. The topological polar surface area (TPSA) is 35.5 Å². The molecule has 2 aromatic carbocycles. The SMILES string of the molecule is O=C(Cl)C(Sc1ccccc1)c1ccc2c(c1)OCO2. The van der Waals surface area contributed by atoms with Crippen molar-refractivity contribution < 1.29 is 14.3 Å². The van der Waals surface area contributed by atoms with Crippen LogP contribution in [0.2, 0.25) is 0 Å². The second-order valence-corrected chi connectivity index (χ2v) is 5.78. The van der Waals surface area contributed by atoms with E-state index in [0.29, 0.717) is 11.5 Å². The van der Waals surface area contributed by atoms with Gasteiger partial charge in [-0.05, 0) is 41.4 Å². The van der Waals surface area contributed by atoms with Gasteiger partial charge in [-0.15, -0.1) is 11.8 Å². The first-order chi connectivity index (χ1) is 9.74. The average molecular weight is 307 g/mol. The molecule has 3 rings (SSSR count). The maximum Gasteiger partial charge on any atom is 0.239 e. The lowest BCUT2D eigenvalue weighted by Crippen LogP contribution is -2.02. The molecule has 0 fully saturated rings. The summed E-state index contributed by atoms with van der Waals surface area (Å²) in [6.07, 6.45) is 0. The van der Waals surface area contributed by atoms with Crippen molar-refractivity contribution in [2.75, 3.05) is 6.79 Å². The van der Waals surface area contributed by atoms with Crippen LogP contribution in [-0.4, -0.2) is 12.0 Å². The van der Waals surface area contributed by atoms with E-state index in [1.165, 1.54) is 11.8 Å². The zero-order chi connectivity index (χ0) is 13.9. The highest BCUT2D eigenvalue weighted by atomic mass is 35.5. The highest BCUT2D eigenvalue weighted by molar-refractivity contribution is 8.00. The van der Waals surface area contributed by atoms with Gasteiger partial charge in [-0.2, -0.15) is 0 Å². The molecule has 0 amide bonds. The molecular formula is C15H11ClO3S. The summed E-state index contributed by atoms with van der Waals surface area (Å²) in [5.74, 6) is 1.35. The summed E-state index contributed by atoms with van der Waals surface area (Å²) in [7, 11) is 0. The highest BCUT2D eigenvalue weighted by Gasteiger charge is 2.23. The third kappa shape index (κ3) is 2.76. The molecule has 20 heavy (non-hydrogen) atoms. The predicted molar refractivity (Wildman–Crippen MR) is 78.5 cm³/mol. The Morgan fingerprint density at radius 3 is 2.60 bits per heavy atom. The minimum Gasteiger partial charge on any atom is -0.454 e. The molecule has 1 heterocycles. The number of ether oxygens (including phenoxy) is 2. The lowest BCUT2D eigenvalue weighted by atomic mass is 10.1. The highest BCUT2D eigenvalue weighted by Crippen LogP contribution is 2.41. The van der Waals surface area contributed by atoms with Crippen molar-refractivity contribution in [1.29, 1.82) is 0 Å². The van der Waals surface area contributed by atoms with Gasteiger partial charge < -0.3 is 9.47 Å². The van der Waals surface area contributed by atoms with Crippen LogP contribution in [0.15, 0.2) is 53.4 Å². The predicted octanol–water partition coefficient (Wildman–Crippen LogP) is 4.01. The second kappa shape index (κ2) is 5.77. The Kier molecular flexibility index (Phi) is 3.85. The number of halogens is 1. The van der Waals surface area contributed by atoms with Crippen LogP contribution in [-0.2, 0) is 4.79 Å². The number of carbonyl (C=O) groups is 1. The number of hydrogen-bond acceptors (Lipinski definition) is 4. The van der Waals surface area contributed by atoms with Crippen molar-refractivity contribution in [3.8, 4) is 11.5 Å². The summed E-state index contributed by atoms with van der Waals surface area (Å²) in [5, 5.41) is -0.869. The Morgan fingerprint density at radius 2 is 1.85 bits per heavy atom. The lowest BCUT2D eigenvalue weighted by molar-refractivity contribution is -0.111. The Labute approximate surface area is 125 Å². The number of fused-ring (bicyclic) bond motifs is 1. The molecule has 1 aliphatic rings. The first kappa shape index (κ1) is 13.3. The maximum absolute atomic E-state index is 11.7. The summed E-state index contributed by atoms with van der Waals surface area (Å²) in [4.78, 5) is 12.7. The third-order valence-corrected chi connectivity index (χ3v) is 4.52. The molecular weight excluding hydrogens is 296 g/mol. The summed E-state index contributed by atoms with van der Waals surface area (Å²) < 4.78 is 10.6. The van der Waals surface area contributed by atoms with E-state index < -0.39 is 10.5 Å². The van der Waals surface area contributed by atoms with E-state index >= 15 is 0 Å². The number of rotatable bonds is 4. The standard InChI is InChI=1S/C15H11ClO3S/c16-15(17)14(20-11-4-2-1-3-5-11)10-6-7-12-13(8-10)19-9-18-12/h1-8,14H,9H2. The van der Waals surface area contributed by atoms with Gasteiger partial charge in [0.15, 0.2) is 11.5 Å². The molecule has 1 aliphatic heterocycles. The van der Waals surface area contributed by atoms with Crippen molar-refractivity contribution >= 4 is 28.6 Å². The fourth-order valence-corrected chi connectivity index (χ4v) is 3.18. The van der Waals surface area contributed by atoms with Crippen molar-refractivity contribution in [1.82, 2.24) is 0 Å². The van der Waals surface area contributed by atoms with Crippen LogP contribution in [0.3, 0.4) is 0 Å². The smallest absolute Gasteiger partial charge is 0.239 e. The van der Waals surface area contributed by atoms with Gasteiger partial charge in [0.05, 0.1) is 0 Å². The van der Waals surface area contributed by atoms with Crippen molar-refractivity contribution in [3.63, 3.8) is 0 Å². The maximum atomic E-state index is 11.7. The zero-order valence-corrected chi connectivity index (χ0v) is 12.0. The van der Waals surface area contributed by atoms with E-state index in [-0.39, 0.29) is 6.79 Å². The molecule has 0 saturated carbocycles. The summed E-state index contributed by atoms with van der Waals surface area (Å²) in [5.41, 5.74) is 0.808. The van der Waals surface area contributed by atoms with E-state index in [9.17, 15) is 4.79 Å². The van der Waals surface area contributed by atoms with Crippen molar-refractivity contribution in [3.05, 3.63) is 54.1 Å². The van der Waals surface area contributed by atoms with Crippen LogP contribution in [0.1, 0.15) is 10.8 Å². The monoisotopic (exact) mass is 306 g/mol. The van der Waals surface area contributed by atoms with Gasteiger partial charge in [0.2, 0.25) is 12.0 Å². The molecule has 0 aromatic heterocycles. The van der Waals surface area contributed by atoms with Gasteiger partial charge in [0.25, 0.3) is 0 Å². The molecule has 2 aromatic rings. The summed E-state index contributed by atoms with van der Waals surface area (Å²) >= 11 is 7.16. The molecule has 1 unspecified atom stereocenters. The van der Waals surface area contributed by atoms with Crippen LogP contribution in [0.4, 0.5) is 0 Å². The number of thioether (sulfide) groups is 1. The third-order valence-electron chi connectivity index (χ3n) is 2.90. The molecule has 5 heteroatoms. The summed E-state index contributed by atoms with van der Waals surface area (Å²) in [6, 6.07) is 15.1. The number of benzene rings is 2. The van der Waals surface area contributed by atoms with E-state index in [2.05, 4.69) is 0 Å². The zero-order valence-electron chi connectivity index (χ0n) is 10.4. The Hall–Kier alpha value is -1.65. The molecule has 0 saturated heterocycles. The van der Waals surface area contributed by atoms with Crippen molar-refractivity contribution in [2.45, 2.75) is 10.1 Å². The largest absolute Gasteiger partial charge is 0.454 e. The minimum absolute atomic E-state index is 0.212. The molecule has 0 aliphatic carbocycles. The molecule has 0 radical (unpaired) electrons. The van der Waals surface area contributed by atoms with Gasteiger partial charge in [-0.25, -0.2) is 0 Å². The molecule has 1 atom stereocenters. The average Bonchev–Trinajstić information content (AvgIpc) is 2.93. The molecule has 0 spiro atoms. The molecule has 102 valence electrons. The van der Waals surface area contributed by atoms with Gasteiger partial charge in [-0.1, -0.05) is 24.3 Å². The van der Waals surface area contributed by atoms with E-state index in [4.69, 9.17) is 21.1 Å². The first-order valence-corrected chi connectivity index (χ1v) is 7.30. The van der Waals surface area contributed by atoms with Crippen LogP contribution in [0.5, 0.6) is 11.5 Å². The minimum atomic E-state index is -0.464. The lowest BCUT2D eigenvalue weighted by Gasteiger charge is -2.13. The Balaban J connectivity index is 1.89. The Morgan fingerprint density at radius 1 is 1.10 bits per heavy atom. The van der Waals surface area contributed by atoms with Crippen LogP contribution in [0, 0.1) is 0 Å².